The molecule has 0 aromatic heterocycles. The Morgan fingerprint density at radius 2 is 1.71 bits per heavy atom. The first-order valence-electron chi connectivity index (χ1n) is 10.8. The molecule has 3 aromatic rings. The van der Waals surface area contributed by atoms with Crippen molar-refractivity contribution in [2.45, 2.75) is 12.3 Å². The first-order chi connectivity index (χ1) is 16.9. The molecule has 2 heterocycles. The molecule has 0 radical (unpaired) electrons. The summed E-state index contributed by atoms with van der Waals surface area (Å²) in [6.07, 6.45) is 1.60. The molecule has 0 saturated heterocycles. The summed E-state index contributed by atoms with van der Waals surface area (Å²) >= 11 is 0. The van der Waals surface area contributed by atoms with Gasteiger partial charge in [0.25, 0.3) is 0 Å². The number of phenolic OH excluding ortho intramolecular Hbond substituents is 1. The van der Waals surface area contributed by atoms with E-state index in [-0.39, 0.29) is 23.7 Å². The Kier molecular flexibility index (Phi) is 5.56. The fourth-order valence-electron chi connectivity index (χ4n) is 4.43. The number of benzene rings is 3. The van der Waals surface area contributed by atoms with Crippen LogP contribution in [0.3, 0.4) is 0 Å². The number of carbonyl (C=O) groups excluding carboxylic acids is 2. The standard InChI is InChI=1S/C27H22O8/c1-31-15-5-6-16(22(12-15)33-3)18-13-24(29)34-21-9-7-17-26(30)23(35-27(17)25(18)21)11-14-4-8-20(32-2)19(28)10-14/h4-12,18,28H,13H2,1-3H3. The third kappa shape index (κ3) is 3.82. The number of methoxy groups -OCH3 is 3. The Labute approximate surface area is 201 Å². The van der Waals surface area contributed by atoms with E-state index in [1.165, 1.54) is 13.2 Å². The number of aromatic hydroxyl groups is 1. The van der Waals surface area contributed by atoms with Crippen LogP contribution in [0.25, 0.3) is 6.08 Å². The lowest BCUT2D eigenvalue weighted by molar-refractivity contribution is -0.135. The maximum atomic E-state index is 13.2. The van der Waals surface area contributed by atoms with Crippen LogP contribution in [0, 0.1) is 0 Å². The van der Waals surface area contributed by atoms with E-state index in [1.54, 1.807) is 56.7 Å². The number of allylic oxidation sites excluding steroid dienone is 1. The normalized spacial score (nSPS) is 17.3. The molecule has 5 rings (SSSR count). The monoisotopic (exact) mass is 474 g/mol. The van der Waals surface area contributed by atoms with E-state index in [9.17, 15) is 14.7 Å². The molecule has 2 aliphatic heterocycles. The molecule has 1 atom stereocenters. The number of ketones is 1. The zero-order valence-electron chi connectivity index (χ0n) is 19.3. The molecule has 0 spiro atoms. The molecule has 35 heavy (non-hydrogen) atoms. The number of hydrogen-bond donors (Lipinski definition) is 1. The molecular formula is C27H22O8. The summed E-state index contributed by atoms with van der Waals surface area (Å²) in [7, 11) is 4.56. The van der Waals surface area contributed by atoms with Crippen molar-refractivity contribution in [3.05, 3.63) is 76.5 Å². The molecular weight excluding hydrogens is 452 g/mol. The van der Waals surface area contributed by atoms with Gasteiger partial charge in [0.1, 0.15) is 23.0 Å². The second-order valence-electron chi connectivity index (χ2n) is 8.06. The Balaban J connectivity index is 1.60. The molecule has 0 bridgehead atoms. The summed E-state index contributed by atoms with van der Waals surface area (Å²) in [5.74, 6) is 1.02. The highest BCUT2D eigenvalue weighted by atomic mass is 16.5. The highest BCUT2D eigenvalue weighted by Crippen LogP contribution is 2.50. The van der Waals surface area contributed by atoms with Crippen molar-refractivity contribution in [2.75, 3.05) is 21.3 Å². The van der Waals surface area contributed by atoms with Crippen molar-refractivity contribution in [3.63, 3.8) is 0 Å². The lowest BCUT2D eigenvalue weighted by atomic mass is 9.84. The smallest absolute Gasteiger partial charge is 0.312 e. The molecule has 1 unspecified atom stereocenters. The maximum Gasteiger partial charge on any atom is 0.312 e. The van der Waals surface area contributed by atoms with Gasteiger partial charge < -0.3 is 28.8 Å². The molecule has 2 aliphatic rings. The number of phenols is 1. The molecule has 8 nitrogen and oxygen atoms in total. The van der Waals surface area contributed by atoms with Gasteiger partial charge in [-0.3, -0.25) is 9.59 Å². The SMILES string of the molecule is COc1ccc(C2CC(=O)Oc3ccc4c(c32)OC(=Cc2ccc(OC)c(O)c2)C4=O)c(OC)c1. The van der Waals surface area contributed by atoms with Crippen LogP contribution in [0.5, 0.6) is 34.5 Å². The van der Waals surface area contributed by atoms with Gasteiger partial charge in [0.05, 0.1) is 33.3 Å². The highest BCUT2D eigenvalue weighted by Gasteiger charge is 2.39. The van der Waals surface area contributed by atoms with Gasteiger partial charge in [0.15, 0.2) is 17.3 Å². The number of ether oxygens (including phenoxy) is 5. The van der Waals surface area contributed by atoms with Crippen molar-refractivity contribution < 1.29 is 38.4 Å². The lowest BCUT2D eigenvalue weighted by Crippen LogP contribution is -2.22. The molecule has 0 fully saturated rings. The van der Waals surface area contributed by atoms with Gasteiger partial charge in [-0.2, -0.15) is 0 Å². The van der Waals surface area contributed by atoms with Crippen molar-refractivity contribution in [3.8, 4) is 34.5 Å². The number of esters is 1. The summed E-state index contributed by atoms with van der Waals surface area (Å²) in [6, 6.07) is 13.3. The highest BCUT2D eigenvalue weighted by molar-refractivity contribution is 6.15. The largest absolute Gasteiger partial charge is 0.504 e. The molecule has 178 valence electrons. The van der Waals surface area contributed by atoms with E-state index in [0.717, 1.165) is 5.56 Å². The molecule has 1 N–H and O–H groups in total. The van der Waals surface area contributed by atoms with E-state index in [0.29, 0.717) is 45.4 Å². The summed E-state index contributed by atoms with van der Waals surface area (Å²) in [4.78, 5) is 25.6. The van der Waals surface area contributed by atoms with Crippen LogP contribution in [0.2, 0.25) is 0 Å². The lowest BCUT2D eigenvalue weighted by Gasteiger charge is -2.27. The van der Waals surface area contributed by atoms with Gasteiger partial charge in [-0.05, 0) is 42.0 Å². The second kappa shape index (κ2) is 8.72. The minimum absolute atomic E-state index is 0.0507. The fourth-order valence-corrected chi connectivity index (χ4v) is 4.43. The van der Waals surface area contributed by atoms with E-state index < -0.39 is 11.9 Å². The summed E-state index contributed by atoms with van der Waals surface area (Å²) in [5, 5.41) is 10.1. The zero-order valence-corrected chi connectivity index (χ0v) is 19.3. The Morgan fingerprint density at radius 1 is 0.914 bits per heavy atom. The maximum absolute atomic E-state index is 13.2. The van der Waals surface area contributed by atoms with Crippen LogP contribution in [0.4, 0.5) is 0 Å². The first-order valence-corrected chi connectivity index (χ1v) is 10.8. The van der Waals surface area contributed by atoms with E-state index in [1.807, 2.05) is 6.07 Å². The molecule has 0 amide bonds. The van der Waals surface area contributed by atoms with Gasteiger partial charge in [-0.25, -0.2) is 0 Å². The summed E-state index contributed by atoms with van der Waals surface area (Å²) in [5.41, 5.74) is 2.27. The van der Waals surface area contributed by atoms with Crippen LogP contribution in [-0.2, 0) is 4.79 Å². The first kappa shape index (κ1) is 22.3. The number of rotatable bonds is 5. The predicted octanol–water partition coefficient (Wildman–Crippen LogP) is 4.48. The van der Waals surface area contributed by atoms with E-state index in [4.69, 9.17) is 23.7 Å². The van der Waals surface area contributed by atoms with Crippen LogP contribution >= 0.6 is 0 Å². The number of fused-ring (bicyclic) bond motifs is 3. The van der Waals surface area contributed by atoms with E-state index >= 15 is 0 Å². The number of carbonyl (C=O) groups is 2. The summed E-state index contributed by atoms with van der Waals surface area (Å²) < 4.78 is 27.5. The Hall–Kier alpha value is -4.46. The van der Waals surface area contributed by atoms with Gasteiger partial charge in [0.2, 0.25) is 5.78 Å². The van der Waals surface area contributed by atoms with Crippen LogP contribution in [0.1, 0.15) is 39.4 Å². The van der Waals surface area contributed by atoms with E-state index in [2.05, 4.69) is 0 Å². The predicted molar refractivity (Wildman–Crippen MR) is 126 cm³/mol. The Bertz CT molecular complexity index is 1390. The van der Waals surface area contributed by atoms with Gasteiger partial charge in [-0.1, -0.05) is 12.1 Å². The van der Waals surface area contributed by atoms with Gasteiger partial charge in [-0.15, -0.1) is 0 Å². The van der Waals surface area contributed by atoms with Gasteiger partial charge >= 0.3 is 5.97 Å². The molecule has 0 saturated carbocycles. The second-order valence-corrected chi connectivity index (χ2v) is 8.06. The van der Waals surface area contributed by atoms with Gasteiger partial charge in [0, 0.05) is 23.1 Å². The van der Waals surface area contributed by atoms with Crippen molar-refractivity contribution >= 4 is 17.8 Å². The van der Waals surface area contributed by atoms with Crippen molar-refractivity contribution in [1.29, 1.82) is 0 Å². The van der Waals surface area contributed by atoms with Crippen molar-refractivity contribution in [1.82, 2.24) is 0 Å². The minimum Gasteiger partial charge on any atom is -0.504 e. The zero-order chi connectivity index (χ0) is 24.7. The topological polar surface area (TPSA) is 101 Å². The molecule has 0 aliphatic carbocycles. The third-order valence-electron chi connectivity index (χ3n) is 6.10. The number of hydrogen-bond acceptors (Lipinski definition) is 8. The quantitative estimate of drug-likeness (QED) is 0.328. The average molecular weight is 474 g/mol. The van der Waals surface area contributed by atoms with Crippen molar-refractivity contribution in [2.24, 2.45) is 0 Å². The van der Waals surface area contributed by atoms with Crippen LogP contribution in [-0.4, -0.2) is 38.2 Å². The fraction of sp³-hybridized carbons (Fsp3) is 0.185. The van der Waals surface area contributed by atoms with Crippen LogP contribution < -0.4 is 23.7 Å². The Morgan fingerprint density at radius 3 is 2.43 bits per heavy atom. The third-order valence-corrected chi connectivity index (χ3v) is 6.10. The minimum atomic E-state index is -0.459. The molecule has 3 aromatic carbocycles. The summed E-state index contributed by atoms with van der Waals surface area (Å²) in [6.45, 7) is 0. The molecule has 8 heteroatoms. The average Bonchev–Trinajstić information content (AvgIpc) is 3.18. The number of Topliss-reactive ketones (excluding diaryl/α,β-unsaturated/α-hetero) is 1. The van der Waals surface area contributed by atoms with Crippen LogP contribution in [0.15, 0.2) is 54.3 Å².